The Morgan fingerprint density at radius 1 is 1.21 bits per heavy atom. The molecule has 1 aliphatic heterocycles. The van der Waals surface area contributed by atoms with E-state index in [0.717, 1.165) is 29.8 Å². The number of sulfonamides is 1. The maximum absolute atomic E-state index is 13.4. The number of hydrogen-bond acceptors (Lipinski definition) is 4. The van der Waals surface area contributed by atoms with E-state index in [-0.39, 0.29) is 16.8 Å². The zero-order valence-corrected chi connectivity index (χ0v) is 17.0. The third kappa shape index (κ3) is 4.38. The summed E-state index contributed by atoms with van der Waals surface area (Å²) in [5.74, 6) is -0.240. The fourth-order valence-corrected chi connectivity index (χ4v) is 5.23. The molecule has 0 spiro atoms. The van der Waals surface area contributed by atoms with Gasteiger partial charge in [-0.3, -0.25) is 4.98 Å². The highest BCUT2D eigenvalue weighted by Gasteiger charge is 2.32. The van der Waals surface area contributed by atoms with Crippen LogP contribution in [0.15, 0.2) is 60.0 Å². The van der Waals surface area contributed by atoms with Crippen molar-refractivity contribution in [3.63, 3.8) is 0 Å². The first-order valence-electron chi connectivity index (χ1n) is 9.60. The van der Waals surface area contributed by atoms with Crippen LogP contribution in [0.4, 0.5) is 4.39 Å². The van der Waals surface area contributed by atoms with Gasteiger partial charge in [0.1, 0.15) is 5.82 Å². The van der Waals surface area contributed by atoms with Gasteiger partial charge >= 0.3 is 0 Å². The van der Waals surface area contributed by atoms with E-state index in [1.165, 1.54) is 29.0 Å². The number of pyridine rings is 1. The quantitative estimate of drug-likeness (QED) is 0.643. The molecular weight excluding hydrogens is 391 g/mol. The van der Waals surface area contributed by atoms with Crippen molar-refractivity contribution >= 4 is 10.0 Å². The van der Waals surface area contributed by atoms with Crippen molar-refractivity contribution in [2.24, 2.45) is 7.05 Å². The number of nitrogens with zero attached hydrogens (tertiary/aromatic N) is 4. The molecule has 1 fully saturated rings. The van der Waals surface area contributed by atoms with Crippen molar-refractivity contribution in [3.8, 4) is 0 Å². The largest absolute Gasteiger partial charge is 0.339 e. The molecule has 1 atom stereocenters. The van der Waals surface area contributed by atoms with Crippen LogP contribution in [0.1, 0.15) is 35.7 Å². The van der Waals surface area contributed by atoms with Crippen molar-refractivity contribution < 1.29 is 12.8 Å². The highest BCUT2D eigenvalue weighted by atomic mass is 32.2. The Bertz CT molecular complexity index is 1110. The van der Waals surface area contributed by atoms with Gasteiger partial charge in [-0.1, -0.05) is 18.2 Å². The number of hydrogen-bond donors (Lipinski definition) is 0. The highest BCUT2D eigenvalue weighted by molar-refractivity contribution is 7.89. The Morgan fingerprint density at radius 3 is 2.79 bits per heavy atom. The number of piperidine rings is 1. The summed E-state index contributed by atoms with van der Waals surface area (Å²) in [5.41, 5.74) is 2.58. The van der Waals surface area contributed by atoms with E-state index >= 15 is 0 Å². The lowest BCUT2D eigenvalue weighted by molar-refractivity contribution is 0.311. The number of halogens is 1. The molecule has 152 valence electrons. The molecule has 0 N–H and O–H groups in total. The van der Waals surface area contributed by atoms with Gasteiger partial charge in [-0.25, -0.2) is 17.8 Å². The van der Waals surface area contributed by atoms with Gasteiger partial charge in [-0.15, -0.1) is 0 Å². The molecule has 8 heteroatoms. The molecule has 0 saturated carbocycles. The Labute approximate surface area is 170 Å². The molecule has 0 aliphatic carbocycles. The third-order valence-corrected chi connectivity index (χ3v) is 6.94. The van der Waals surface area contributed by atoms with Crippen LogP contribution in [0.2, 0.25) is 0 Å². The first kappa shape index (κ1) is 19.7. The summed E-state index contributed by atoms with van der Waals surface area (Å²) in [4.78, 5) is 8.77. The molecule has 4 rings (SSSR count). The summed E-state index contributed by atoms with van der Waals surface area (Å²) in [6.45, 7) is 0.869. The summed E-state index contributed by atoms with van der Waals surface area (Å²) < 4.78 is 42.4. The standard InChI is InChI=1S/C21H23FN4O2S/c1-25-14-21(23-15-25)29(27,28)26-10-4-6-17(13-26)20-9-3-8-19(24-20)12-16-5-2-7-18(22)11-16/h2-3,5,7-9,11,14-15,17H,4,6,10,12-13H2,1H3/t17-/m1/s1. The second-order valence-electron chi connectivity index (χ2n) is 7.44. The molecule has 1 saturated heterocycles. The number of rotatable bonds is 5. The predicted molar refractivity (Wildman–Crippen MR) is 107 cm³/mol. The molecule has 2 aromatic heterocycles. The first-order chi connectivity index (χ1) is 13.9. The van der Waals surface area contributed by atoms with Gasteiger partial charge in [0.15, 0.2) is 5.03 Å². The summed E-state index contributed by atoms with van der Waals surface area (Å²) in [6, 6.07) is 12.3. The van der Waals surface area contributed by atoms with E-state index in [9.17, 15) is 12.8 Å². The van der Waals surface area contributed by atoms with Crippen LogP contribution < -0.4 is 0 Å². The Kier molecular flexibility index (Phi) is 5.47. The van der Waals surface area contributed by atoms with Crippen molar-refractivity contribution in [2.45, 2.75) is 30.2 Å². The SMILES string of the molecule is Cn1cnc(S(=O)(=O)N2CCC[C@@H](c3cccc(Cc4cccc(F)c4)n3)C2)c1. The molecule has 0 unspecified atom stereocenters. The van der Waals surface area contributed by atoms with E-state index in [0.29, 0.717) is 19.5 Å². The van der Waals surface area contributed by atoms with E-state index in [1.807, 2.05) is 24.3 Å². The minimum atomic E-state index is -3.61. The first-order valence-corrected chi connectivity index (χ1v) is 11.0. The lowest BCUT2D eigenvalue weighted by Gasteiger charge is -2.31. The third-order valence-electron chi connectivity index (χ3n) is 5.19. The van der Waals surface area contributed by atoms with E-state index < -0.39 is 10.0 Å². The van der Waals surface area contributed by atoms with E-state index in [1.54, 1.807) is 17.7 Å². The molecule has 29 heavy (non-hydrogen) atoms. The fourth-order valence-electron chi connectivity index (χ4n) is 3.74. The summed E-state index contributed by atoms with van der Waals surface area (Å²) in [6.07, 6.45) is 5.20. The zero-order chi connectivity index (χ0) is 20.4. The van der Waals surface area contributed by atoms with Gasteiger partial charge in [0, 0.05) is 50.1 Å². The molecule has 0 bridgehead atoms. The van der Waals surface area contributed by atoms with Gasteiger partial charge in [-0.2, -0.15) is 4.31 Å². The number of benzene rings is 1. The van der Waals surface area contributed by atoms with Crippen LogP contribution in [-0.4, -0.2) is 40.3 Å². The molecule has 0 radical (unpaired) electrons. The highest BCUT2D eigenvalue weighted by Crippen LogP contribution is 2.29. The zero-order valence-electron chi connectivity index (χ0n) is 16.2. The van der Waals surface area contributed by atoms with Gasteiger partial charge in [0.2, 0.25) is 0 Å². The Balaban J connectivity index is 1.52. The molecule has 6 nitrogen and oxygen atoms in total. The summed E-state index contributed by atoms with van der Waals surface area (Å²) in [5, 5.41) is 0.0773. The van der Waals surface area contributed by atoms with Crippen LogP contribution in [0, 0.1) is 5.82 Å². The average Bonchev–Trinajstić information content (AvgIpc) is 3.16. The summed E-state index contributed by atoms with van der Waals surface area (Å²) in [7, 11) is -1.86. The monoisotopic (exact) mass is 414 g/mol. The number of imidazole rings is 1. The van der Waals surface area contributed by atoms with Crippen LogP contribution in [0.25, 0.3) is 0 Å². The van der Waals surface area contributed by atoms with Crippen molar-refractivity contribution in [1.29, 1.82) is 0 Å². The average molecular weight is 415 g/mol. The minimum absolute atomic E-state index is 0.0229. The molecule has 3 heterocycles. The van der Waals surface area contributed by atoms with E-state index in [4.69, 9.17) is 4.98 Å². The maximum atomic E-state index is 13.4. The van der Waals surface area contributed by atoms with Gasteiger partial charge in [-0.05, 0) is 42.7 Å². The molecule has 0 amide bonds. The Hall–Kier alpha value is -2.58. The van der Waals surface area contributed by atoms with Crippen molar-refractivity contribution in [3.05, 3.63) is 77.8 Å². The maximum Gasteiger partial charge on any atom is 0.262 e. The van der Waals surface area contributed by atoms with Crippen molar-refractivity contribution in [2.75, 3.05) is 13.1 Å². The topological polar surface area (TPSA) is 68.1 Å². The minimum Gasteiger partial charge on any atom is -0.339 e. The molecule has 3 aromatic rings. The lowest BCUT2D eigenvalue weighted by Crippen LogP contribution is -2.39. The van der Waals surface area contributed by atoms with Crippen LogP contribution in [0.5, 0.6) is 0 Å². The van der Waals surface area contributed by atoms with Crippen LogP contribution in [0.3, 0.4) is 0 Å². The molecule has 1 aromatic carbocycles. The van der Waals surface area contributed by atoms with Gasteiger partial charge in [0.25, 0.3) is 10.0 Å². The smallest absolute Gasteiger partial charge is 0.262 e. The molecular formula is C21H23FN4O2S. The Morgan fingerprint density at radius 2 is 2.03 bits per heavy atom. The van der Waals surface area contributed by atoms with Crippen LogP contribution >= 0.6 is 0 Å². The summed E-state index contributed by atoms with van der Waals surface area (Å²) >= 11 is 0. The fraction of sp³-hybridized carbons (Fsp3) is 0.333. The van der Waals surface area contributed by atoms with Gasteiger partial charge in [0.05, 0.1) is 6.33 Å². The molecule has 1 aliphatic rings. The predicted octanol–water partition coefficient (Wildman–Crippen LogP) is 3.11. The second-order valence-corrected chi connectivity index (χ2v) is 9.32. The van der Waals surface area contributed by atoms with Crippen LogP contribution in [-0.2, 0) is 23.5 Å². The van der Waals surface area contributed by atoms with Crippen molar-refractivity contribution in [1.82, 2.24) is 18.8 Å². The number of aromatic nitrogens is 3. The van der Waals surface area contributed by atoms with Gasteiger partial charge < -0.3 is 4.57 Å². The lowest BCUT2D eigenvalue weighted by atomic mass is 9.95. The van der Waals surface area contributed by atoms with E-state index in [2.05, 4.69) is 4.98 Å². The number of aryl methyl sites for hydroxylation is 1. The normalized spacial score (nSPS) is 18.1. The second kappa shape index (κ2) is 8.04.